The molecule has 0 saturated heterocycles. The monoisotopic (exact) mass is 854 g/mol. The third kappa shape index (κ3) is 44.0. The SMILES string of the molecule is CCCCC/C=C/C=C/C=C/C=C/CCCCCC(CC(=O)NC(CO)C(O)CCCCCCCCCCCC)OC(=O)CCCCCCC/C=C/CCCCCCCCC. The van der Waals surface area contributed by atoms with Gasteiger partial charge in [-0.05, 0) is 77.0 Å². The van der Waals surface area contributed by atoms with E-state index in [0.717, 1.165) is 77.0 Å². The summed E-state index contributed by atoms with van der Waals surface area (Å²) in [6, 6.07) is -0.716. The molecule has 0 bridgehead atoms. The van der Waals surface area contributed by atoms with E-state index in [4.69, 9.17) is 4.74 Å². The molecule has 0 aliphatic heterocycles. The molecule has 3 atom stereocenters. The third-order valence-corrected chi connectivity index (χ3v) is 11.7. The van der Waals surface area contributed by atoms with Crippen molar-refractivity contribution in [2.75, 3.05) is 6.61 Å². The van der Waals surface area contributed by atoms with Crippen molar-refractivity contribution in [3.63, 3.8) is 0 Å². The van der Waals surface area contributed by atoms with Crippen molar-refractivity contribution < 1.29 is 24.5 Å². The van der Waals surface area contributed by atoms with E-state index >= 15 is 0 Å². The van der Waals surface area contributed by atoms with Gasteiger partial charge in [0.2, 0.25) is 5.91 Å². The molecule has 0 fully saturated rings. The third-order valence-electron chi connectivity index (χ3n) is 11.7. The van der Waals surface area contributed by atoms with E-state index in [-0.39, 0.29) is 24.9 Å². The van der Waals surface area contributed by atoms with E-state index in [2.05, 4.69) is 80.8 Å². The Morgan fingerprint density at radius 3 is 1.36 bits per heavy atom. The van der Waals surface area contributed by atoms with Gasteiger partial charge in [0.15, 0.2) is 0 Å². The molecule has 0 radical (unpaired) electrons. The first-order valence-electron chi connectivity index (χ1n) is 26.1. The Bertz CT molecular complexity index is 1090. The number of esters is 1. The second-order valence-electron chi connectivity index (χ2n) is 17.7. The van der Waals surface area contributed by atoms with Crippen LogP contribution in [0.5, 0.6) is 0 Å². The van der Waals surface area contributed by atoms with E-state index in [0.29, 0.717) is 19.3 Å². The highest BCUT2D eigenvalue weighted by molar-refractivity contribution is 5.77. The van der Waals surface area contributed by atoms with E-state index in [1.54, 1.807) is 0 Å². The lowest BCUT2D eigenvalue weighted by Crippen LogP contribution is -2.46. The summed E-state index contributed by atoms with van der Waals surface area (Å²) in [6.07, 6.45) is 59.9. The number of allylic oxidation sites excluding steroid dienone is 10. The minimum Gasteiger partial charge on any atom is -0.462 e. The number of nitrogens with one attached hydrogen (secondary N) is 1. The molecule has 0 aromatic heterocycles. The van der Waals surface area contributed by atoms with Gasteiger partial charge in [-0.25, -0.2) is 0 Å². The van der Waals surface area contributed by atoms with Crippen molar-refractivity contribution >= 4 is 11.9 Å². The van der Waals surface area contributed by atoms with Crippen molar-refractivity contribution in [2.24, 2.45) is 0 Å². The maximum absolute atomic E-state index is 13.2. The zero-order valence-corrected chi connectivity index (χ0v) is 40.3. The van der Waals surface area contributed by atoms with Gasteiger partial charge in [-0.15, -0.1) is 0 Å². The van der Waals surface area contributed by atoms with Crippen LogP contribution >= 0.6 is 0 Å². The minimum atomic E-state index is -0.800. The Morgan fingerprint density at radius 2 is 0.852 bits per heavy atom. The predicted molar refractivity (Wildman–Crippen MR) is 264 cm³/mol. The van der Waals surface area contributed by atoms with E-state index < -0.39 is 18.2 Å². The fourth-order valence-corrected chi connectivity index (χ4v) is 7.67. The summed E-state index contributed by atoms with van der Waals surface area (Å²) < 4.78 is 5.92. The number of aliphatic hydroxyl groups is 2. The number of ether oxygens (including phenoxy) is 1. The van der Waals surface area contributed by atoms with Gasteiger partial charge in [-0.2, -0.15) is 0 Å². The number of unbranched alkanes of at least 4 members (excludes halogenated alkanes) is 27. The van der Waals surface area contributed by atoms with Crippen molar-refractivity contribution in [3.05, 3.63) is 60.8 Å². The van der Waals surface area contributed by atoms with Gasteiger partial charge in [0.1, 0.15) is 6.10 Å². The van der Waals surface area contributed by atoms with Crippen molar-refractivity contribution in [1.82, 2.24) is 5.32 Å². The molecule has 6 nitrogen and oxygen atoms in total. The number of amides is 1. The standard InChI is InChI=1S/C55H99NO5/c1-4-7-10-13-16-19-22-24-26-28-30-32-34-37-40-43-46-51(49-54(59)56-52(50-57)53(58)47-44-41-38-35-21-18-15-12-9-6-3)61-55(60)48-45-42-39-36-33-31-29-27-25-23-20-17-14-11-8-5-2/h16,19,22,24,26-30,32,51-53,57-58H,4-15,17-18,20-21,23,25,31,33-50H2,1-3H3,(H,56,59)/b19-16+,24-22+,28-26+,29-27+,32-30+. The highest BCUT2D eigenvalue weighted by Gasteiger charge is 2.24. The van der Waals surface area contributed by atoms with Crippen LogP contribution in [-0.2, 0) is 14.3 Å². The maximum atomic E-state index is 13.2. The maximum Gasteiger partial charge on any atom is 0.306 e. The quantitative estimate of drug-likeness (QED) is 0.0245. The minimum absolute atomic E-state index is 0.0475. The van der Waals surface area contributed by atoms with Crippen molar-refractivity contribution in [2.45, 2.75) is 270 Å². The molecule has 0 spiro atoms. The summed E-state index contributed by atoms with van der Waals surface area (Å²) in [5.74, 6) is -0.521. The van der Waals surface area contributed by atoms with Crippen LogP contribution in [0.15, 0.2) is 60.8 Å². The smallest absolute Gasteiger partial charge is 0.306 e. The average Bonchev–Trinajstić information content (AvgIpc) is 3.25. The molecular weight excluding hydrogens is 755 g/mol. The molecule has 354 valence electrons. The lowest BCUT2D eigenvalue weighted by Gasteiger charge is -2.24. The van der Waals surface area contributed by atoms with Crippen LogP contribution in [0.25, 0.3) is 0 Å². The summed E-state index contributed by atoms with van der Waals surface area (Å²) in [5.41, 5.74) is 0. The van der Waals surface area contributed by atoms with E-state index in [9.17, 15) is 19.8 Å². The van der Waals surface area contributed by atoms with Gasteiger partial charge in [-0.3, -0.25) is 9.59 Å². The lowest BCUT2D eigenvalue weighted by molar-refractivity contribution is -0.151. The fourth-order valence-electron chi connectivity index (χ4n) is 7.67. The molecule has 1 amide bonds. The van der Waals surface area contributed by atoms with Gasteiger partial charge >= 0.3 is 5.97 Å². The predicted octanol–water partition coefficient (Wildman–Crippen LogP) is 15.6. The fraction of sp³-hybridized carbons (Fsp3) is 0.782. The number of carbonyl (C=O) groups excluding carboxylic acids is 2. The van der Waals surface area contributed by atoms with Gasteiger partial charge in [0.05, 0.1) is 25.2 Å². The molecule has 0 aromatic carbocycles. The number of hydrogen-bond donors (Lipinski definition) is 3. The zero-order valence-electron chi connectivity index (χ0n) is 40.3. The van der Waals surface area contributed by atoms with Gasteiger partial charge in [0, 0.05) is 6.42 Å². The molecule has 6 heteroatoms. The Morgan fingerprint density at radius 1 is 0.475 bits per heavy atom. The first-order chi connectivity index (χ1) is 30.0. The Labute approximate surface area is 378 Å². The van der Waals surface area contributed by atoms with E-state index in [1.807, 2.05) is 6.08 Å². The number of carbonyl (C=O) groups is 2. The molecule has 3 N–H and O–H groups in total. The van der Waals surface area contributed by atoms with Crippen LogP contribution in [0, 0.1) is 0 Å². The number of hydrogen-bond acceptors (Lipinski definition) is 5. The van der Waals surface area contributed by atoms with Crippen LogP contribution in [0.1, 0.15) is 252 Å². The average molecular weight is 854 g/mol. The van der Waals surface area contributed by atoms with Crippen molar-refractivity contribution in [1.29, 1.82) is 0 Å². The Hall–Kier alpha value is -2.44. The molecule has 61 heavy (non-hydrogen) atoms. The Balaban J connectivity index is 4.68. The van der Waals surface area contributed by atoms with Crippen LogP contribution < -0.4 is 5.32 Å². The topological polar surface area (TPSA) is 95.9 Å². The van der Waals surface area contributed by atoms with Gasteiger partial charge in [0.25, 0.3) is 0 Å². The van der Waals surface area contributed by atoms with Crippen molar-refractivity contribution in [3.8, 4) is 0 Å². The Kier molecular flexibility index (Phi) is 46.6. The zero-order chi connectivity index (χ0) is 44.5. The normalized spacial score (nSPS) is 13.7. The van der Waals surface area contributed by atoms with Crippen LogP contribution in [-0.4, -0.2) is 46.9 Å². The summed E-state index contributed by atoms with van der Waals surface area (Å²) in [6.45, 7) is 6.42. The number of rotatable bonds is 46. The highest BCUT2D eigenvalue weighted by atomic mass is 16.5. The first-order valence-corrected chi connectivity index (χ1v) is 26.1. The molecule has 0 saturated carbocycles. The second-order valence-corrected chi connectivity index (χ2v) is 17.7. The molecule has 3 unspecified atom stereocenters. The van der Waals surface area contributed by atoms with Crippen LogP contribution in [0.4, 0.5) is 0 Å². The molecule has 0 heterocycles. The summed E-state index contributed by atoms with van der Waals surface area (Å²) in [4.78, 5) is 26.1. The first kappa shape index (κ1) is 58.6. The van der Waals surface area contributed by atoms with E-state index in [1.165, 1.54) is 128 Å². The molecule has 0 aliphatic rings. The highest BCUT2D eigenvalue weighted by Crippen LogP contribution is 2.17. The summed E-state index contributed by atoms with van der Waals surface area (Å²) in [5, 5.41) is 23.7. The van der Waals surface area contributed by atoms with Crippen LogP contribution in [0.2, 0.25) is 0 Å². The lowest BCUT2D eigenvalue weighted by atomic mass is 10.0. The van der Waals surface area contributed by atoms with Crippen LogP contribution in [0.3, 0.4) is 0 Å². The molecule has 0 aliphatic carbocycles. The molecular formula is C55H99NO5. The molecule has 0 rings (SSSR count). The van der Waals surface area contributed by atoms with Gasteiger partial charge < -0.3 is 20.3 Å². The largest absolute Gasteiger partial charge is 0.462 e. The van der Waals surface area contributed by atoms with Gasteiger partial charge in [-0.1, -0.05) is 223 Å². The second kappa shape index (κ2) is 48.6. The summed E-state index contributed by atoms with van der Waals surface area (Å²) >= 11 is 0. The molecule has 0 aromatic rings. The number of aliphatic hydroxyl groups excluding tert-OH is 2. The summed E-state index contributed by atoms with van der Waals surface area (Å²) in [7, 11) is 0.